The molecule has 1 heterocycles. The van der Waals surface area contributed by atoms with Crippen molar-refractivity contribution in [1.82, 2.24) is 4.98 Å². The Morgan fingerprint density at radius 2 is 1.64 bits per heavy atom. The average Bonchev–Trinajstić information content (AvgIpc) is 2.59. The van der Waals surface area contributed by atoms with Gasteiger partial charge in [0.25, 0.3) is 0 Å². The summed E-state index contributed by atoms with van der Waals surface area (Å²) >= 11 is 0. The summed E-state index contributed by atoms with van der Waals surface area (Å²) < 4.78 is 0. The number of hydrogen-bond acceptors (Lipinski definition) is 2. The first-order valence-electron chi connectivity index (χ1n) is 8.34. The molecule has 22 heavy (non-hydrogen) atoms. The zero-order chi connectivity index (χ0) is 15.6. The molecule has 0 N–H and O–H groups in total. The Bertz CT molecular complexity index is 557. The number of carbonyl (C=O) groups excluding carboxylic acids is 1. The number of nitrogens with zero attached hydrogens (tertiary/aromatic N) is 1. The highest BCUT2D eigenvalue weighted by molar-refractivity contribution is 5.75. The lowest BCUT2D eigenvalue weighted by atomic mass is 10.0. The van der Waals surface area contributed by atoms with Crippen LogP contribution in [0.15, 0.2) is 42.6 Å². The van der Waals surface area contributed by atoms with E-state index in [0.717, 1.165) is 24.0 Å². The largest absolute Gasteiger partial charge is 0.298 e. The van der Waals surface area contributed by atoms with Gasteiger partial charge < -0.3 is 0 Å². The van der Waals surface area contributed by atoms with Gasteiger partial charge in [-0.25, -0.2) is 0 Å². The minimum absolute atomic E-state index is 0.614. The van der Waals surface area contributed by atoms with Crippen LogP contribution in [-0.2, 0) is 6.42 Å². The van der Waals surface area contributed by atoms with Crippen molar-refractivity contribution in [2.75, 3.05) is 0 Å². The summed E-state index contributed by atoms with van der Waals surface area (Å²) in [4.78, 5) is 15.0. The van der Waals surface area contributed by atoms with Crippen LogP contribution in [0.25, 0.3) is 11.3 Å². The number of aromatic nitrogens is 1. The summed E-state index contributed by atoms with van der Waals surface area (Å²) in [6.45, 7) is 2.25. The third-order valence-electron chi connectivity index (χ3n) is 3.99. The van der Waals surface area contributed by atoms with E-state index in [4.69, 9.17) is 0 Å². The Morgan fingerprint density at radius 1 is 0.909 bits per heavy atom. The zero-order valence-electron chi connectivity index (χ0n) is 13.4. The van der Waals surface area contributed by atoms with Gasteiger partial charge in [0.05, 0.1) is 5.69 Å². The van der Waals surface area contributed by atoms with Gasteiger partial charge in [-0.3, -0.25) is 9.78 Å². The second kappa shape index (κ2) is 9.14. The lowest BCUT2D eigenvalue weighted by molar-refractivity contribution is 0.112. The molecule has 0 amide bonds. The van der Waals surface area contributed by atoms with Gasteiger partial charge in [0, 0.05) is 17.3 Å². The first-order valence-corrected chi connectivity index (χ1v) is 8.34. The number of pyridine rings is 1. The van der Waals surface area contributed by atoms with Gasteiger partial charge in [0.15, 0.2) is 6.29 Å². The molecule has 0 fully saturated rings. The highest BCUT2D eigenvalue weighted by atomic mass is 16.1. The van der Waals surface area contributed by atoms with Gasteiger partial charge >= 0.3 is 0 Å². The van der Waals surface area contributed by atoms with Crippen LogP contribution < -0.4 is 0 Å². The Morgan fingerprint density at radius 3 is 2.27 bits per heavy atom. The molecule has 0 aliphatic carbocycles. The van der Waals surface area contributed by atoms with Gasteiger partial charge in [-0.1, -0.05) is 63.3 Å². The average molecular weight is 295 g/mol. The van der Waals surface area contributed by atoms with Crippen LogP contribution in [0.2, 0.25) is 0 Å². The lowest BCUT2D eigenvalue weighted by Gasteiger charge is -2.05. The first kappa shape index (κ1) is 16.4. The minimum atomic E-state index is 0.614. The van der Waals surface area contributed by atoms with E-state index in [2.05, 4.69) is 36.2 Å². The van der Waals surface area contributed by atoms with Crippen LogP contribution >= 0.6 is 0 Å². The molecule has 0 aliphatic heterocycles. The summed E-state index contributed by atoms with van der Waals surface area (Å²) in [5.41, 5.74) is 4.02. The highest BCUT2D eigenvalue weighted by Gasteiger charge is 2.00. The number of unbranched alkanes of at least 4 members (excludes halogenated alkanes) is 5. The number of hydrogen-bond donors (Lipinski definition) is 0. The van der Waals surface area contributed by atoms with E-state index in [1.165, 1.54) is 44.1 Å². The number of aryl methyl sites for hydroxylation is 1. The first-order chi connectivity index (χ1) is 10.8. The Labute approximate surface area is 133 Å². The molecule has 1 aromatic heterocycles. The number of carbonyl (C=O) groups is 1. The molecular formula is C20H25NO. The van der Waals surface area contributed by atoms with Crippen LogP contribution in [0.3, 0.4) is 0 Å². The van der Waals surface area contributed by atoms with Gasteiger partial charge in [0.1, 0.15) is 0 Å². The van der Waals surface area contributed by atoms with Crippen molar-refractivity contribution in [2.45, 2.75) is 51.9 Å². The van der Waals surface area contributed by atoms with Crippen LogP contribution in [0.5, 0.6) is 0 Å². The van der Waals surface area contributed by atoms with Crippen molar-refractivity contribution in [3.63, 3.8) is 0 Å². The summed E-state index contributed by atoms with van der Waals surface area (Å²) in [6, 6.07) is 12.3. The maximum absolute atomic E-state index is 10.6. The zero-order valence-corrected chi connectivity index (χ0v) is 13.4. The van der Waals surface area contributed by atoms with Crippen LogP contribution in [0.1, 0.15) is 61.4 Å². The van der Waals surface area contributed by atoms with Crippen molar-refractivity contribution < 1.29 is 4.79 Å². The number of aldehydes is 1. The molecule has 0 atom stereocenters. The molecular weight excluding hydrogens is 270 g/mol. The second-order valence-corrected chi connectivity index (χ2v) is 5.81. The maximum Gasteiger partial charge on any atom is 0.151 e. The lowest BCUT2D eigenvalue weighted by Crippen LogP contribution is -1.89. The Hall–Kier alpha value is -1.96. The smallest absolute Gasteiger partial charge is 0.151 e. The Balaban J connectivity index is 1.83. The summed E-state index contributed by atoms with van der Waals surface area (Å²) in [5.74, 6) is 0. The van der Waals surface area contributed by atoms with Crippen LogP contribution in [0.4, 0.5) is 0 Å². The molecule has 0 aliphatic rings. The molecule has 0 saturated carbocycles. The second-order valence-electron chi connectivity index (χ2n) is 5.81. The normalized spacial score (nSPS) is 10.6. The minimum Gasteiger partial charge on any atom is -0.298 e. The Kier molecular flexibility index (Phi) is 6.82. The van der Waals surface area contributed by atoms with Crippen molar-refractivity contribution >= 4 is 6.29 Å². The monoisotopic (exact) mass is 295 g/mol. The molecule has 0 radical (unpaired) electrons. The van der Waals surface area contributed by atoms with E-state index in [-0.39, 0.29) is 0 Å². The quantitative estimate of drug-likeness (QED) is 0.454. The van der Waals surface area contributed by atoms with Crippen LogP contribution in [0, 0.1) is 0 Å². The van der Waals surface area contributed by atoms with Crippen LogP contribution in [-0.4, -0.2) is 11.3 Å². The molecule has 2 rings (SSSR count). The topological polar surface area (TPSA) is 30.0 Å². The van der Waals surface area contributed by atoms with E-state index in [1.807, 2.05) is 6.07 Å². The molecule has 2 aromatic rings. The third kappa shape index (κ3) is 5.10. The van der Waals surface area contributed by atoms with Gasteiger partial charge in [-0.15, -0.1) is 0 Å². The maximum atomic E-state index is 10.6. The molecule has 0 spiro atoms. The van der Waals surface area contributed by atoms with Crippen molar-refractivity contribution in [2.24, 2.45) is 0 Å². The van der Waals surface area contributed by atoms with Gasteiger partial charge in [-0.05, 0) is 30.5 Å². The molecule has 0 bridgehead atoms. The fourth-order valence-electron chi connectivity index (χ4n) is 2.60. The number of rotatable bonds is 9. The van der Waals surface area contributed by atoms with E-state index in [1.54, 1.807) is 12.3 Å². The fourth-order valence-corrected chi connectivity index (χ4v) is 2.60. The summed E-state index contributed by atoms with van der Waals surface area (Å²) in [5, 5.41) is 0. The molecule has 0 unspecified atom stereocenters. The molecule has 1 aromatic carbocycles. The van der Waals surface area contributed by atoms with Gasteiger partial charge in [0.2, 0.25) is 0 Å². The standard InChI is InChI=1S/C20H25NO/c1-2-3-4-5-6-7-8-17-9-12-19(13-10-17)20-14-11-18(16-22)15-21-20/h9-16H,2-8H2,1H3. The summed E-state index contributed by atoms with van der Waals surface area (Å²) in [7, 11) is 0. The third-order valence-corrected chi connectivity index (χ3v) is 3.99. The predicted molar refractivity (Wildman–Crippen MR) is 92.1 cm³/mol. The van der Waals surface area contributed by atoms with Gasteiger partial charge in [-0.2, -0.15) is 0 Å². The fraction of sp³-hybridized carbons (Fsp3) is 0.400. The highest BCUT2D eigenvalue weighted by Crippen LogP contribution is 2.18. The van der Waals surface area contributed by atoms with Crippen molar-refractivity contribution in [3.8, 4) is 11.3 Å². The van der Waals surface area contributed by atoms with E-state index in [9.17, 15) is 4.79 Å². The predicted octanol–water partition coefficient (Wildman–Crippen LogP) is 5.46. The van der Waals surface area contributed by atoms with Crippen molar-refractivity contribution in [1.29, 1.82) is 0 Å². The molecule has 0 saturated heterocycles. The molecule has 116 valence electrons. The van der Waals surface area contributed by atoms with E-state index < -0.39 is 0 Å². The molecule has 2 heteroatoms. The van der Waals surface area contributed by atoms with E-state index in [0.29, 0.717) is 5.56 Å². The SMILES string of the molecule is CCCCCCCCc1ccc(-c2ccc(C=O)cn2)cc1. The number of benzene rings is 1. The molecule has 2 nitrogen and oxygen atoms in total. The summed E-state index contributed by atoms with van der Waals surface area (Å²) in [6.07, 6.45) is 11.6. The van der Waals surface area contributed by atoms with Crippen molar-refractivity contribution in [3.05, 3.63) is 53.7 Å². The van der Waals surface area contributed by atoms with E-state index >= 15 is 0 Å².